The molecule has 2 aromatic carbocycles. The van der Waals surface area contributed by atoms with E-state index in [2.05, 4.69) is 27.3 Å². The molecule has 0 radical (unpaired) electrons. The molecular weight excluding hydrogens is 429 g/mol. The van der Waals surface area contributed by atoms with Crippen LogP contribution in [0.1, 0.15) is 5.56 Å². The van der Waals surface area contributed by atoms with Crippen molar-refractivity contribution >= 4 is 38.6 Å². The van der Waals surface area contributed by atoms with Crippen molar-refractivity contribution < 1.29 is 17.9 Å². The van der Waals surface area contributed by atoms with E-state index in [1.165, 1.54) is 19.2 Å². The second-order valence-electron chi connectivity index (χ2n) is 4.84. The zero-order valence-electron chi connectivity index (χ0n) is 12.4. The van der Waals surface area contributed by atoms with Crippen LogP contribution in [0.4, 0.5) is 0 Å². The van der Waals surface area contributed by atoms with E-state index in [0.717, 1.165) is 9.13 Å². The molecule has 0 spiro atoms. The first-order valence-electron chi connectivity index (χ1n) is 6.82. The third-order valence-corrected chi connectivity index (χ3v) is 5.40. The number of carbonyl (C=O) groups is 1. The normalized spacial score (nSPS) is 12.6. The fourth-order valence-corrected chi connectivity index (χ4v) is 3.58. The molecule has 0 bridgehead atoms. The first kappa shape index (κ1) is 17.9. The number of halogens is 1. The average molecular weight is 445 g/mol. The number of sulfonamides is 1. The lowest BCUT2D eigenvalue weighted by molar-refractivity contribution is -0.142. The molecule has 5 nitrogen and oxygen atoms in total. The summed E-state index contributed by atoms with van der Waals surface area (Å²) in [7, 11) is -2.57. The quantitative estimate of drug-likeness (QED) is 0.548. The molecule has 0 aliphatic heterocycles. The third kappa shape index (κ3) is 5.02. The topological polar surface area (TPSA) is 72.5 Å². The summed E-state index contributed by atoms with van der Waals surface area (Å²) in [6.07, 6.45) is 0.219. The van der Waals surface area contributed by atoms with Gasteiger partial charge in [-0.25, -0.2) is 8.42 Å². The Kier molecular flexibility index (Phi) is 6.14. The predicted molar refractivity (Wildman–Crippen MR) is 95.4 cm³/mol. The van der Waals surface area contributed by atoms with Gasteiger partial charge in [-0.05, 0) is 58.8 Å². The maximum Gasteiger partial charge on any atom is 0.324 e. The molecule has 7 heteroatoms. The number of hydrogen-bond donors (Lipinski definition) is 1. The summed E-state index contributed by atoms with van der Waals surface area (Å²) in [6.45, 7) is 0. The van der Waals surface area contributed by atoms with E-state index in [4.69, 9.17) is 4.74 Å². The Morgan fingerprint density at radius 3 is 2.30 bits per heavy atom. The van der Waals surface area contributed by atoms with Crippen molar-refractivity contribution in [1.29, 1.82) is 0 Å². The second-order valence-corrected chi connectivity index (χ2v) is 7.80. The van der Waals surface area contributed by atoms with E-state index < -0.39 is 22.0 Å². The molecule has 23 heavy (non-hydrogen) atoms. The largest absolute Gasteiger partial charge is 0.468 e. The lowest BCUT2D eigenvalue weighted by Crippen LogP contribution is -2.42. The van der Waals surface area contributed by atoms with Crippen LogP contribution in [-0.4, -0.2) is 27.5 Å². The van der Waals surface area contributed by atoms with Crippen molar-refractivity contribution in [2.24, 2.45) is 0 Å². The number of rotatable bonds is 6. The Morgan fingerprint density at radius 1 is 1.13 bits per heavy atom. The SMILES string of the molecule is COC(=O)[C@@H](Cc1ccccc1)NS(=O)(=O)c1ccc(I)cc1. The molecule has 2 rings (SSSR count). The van der Waals surface area contributed by atoms with Gasteiger partial charge in [-0.2, -0.15) is 4.72 Å². The average Bonchev–Trinajstić information content (AvgIpc) is 2.54. The van der Waals surface area contributed by atoms with Gasteiger partial charge in [0.05, 0.1) is 12.0 Å². The molecule has 122 valence electrons. The van der Waals surface area contributed by atoms with Crippen molar-refractivity contribution in [3.05, 3.63) is 63.7 Å². The number of carbonyl (C=O) groups excluding carboxylic acids is 1. The summed E-state index contributed by atoms with van der Waals surface area (Å²) in [6, 6.07) is 14.6. The zero-order valence-corrected chi connectivity index (χ0v) is 15.4. The van der Waals surface area contributed by atoms with Gasteiger partial charge in [0, 0.05) is 3.57 Å². The van der Waals surface area contributed by atoms with Crippen LogP contribution in [0.3, 0.4) is 0 Å². The number of hydrogen-bond acceptors (Lipinski definition) is 4. The number of nitrogens with one attached hydrogen (secondary N) is 1. The Bertz CT molecular complexity index is 760. The van der Waals surface area contributed by atoms with Crippen molar-refractivity contribution in [3.8, 4) is 0 Å². The van der Waals surface area contributed by atoms with E-state index in [9.17, 15) is 13.2 Å². The highest BCUT2D eigenvalue weighted by atomic mass is 127. The van der Waals surface area contributed by atoms with Crippen LogP contribution < -0.4 is 4.72 Å². The summed E-state index contributed by atoms with van der Waals surface area (Å²) in [5.41, 5.74) is 0.841. The van der Waals surface area contributed by atoms with Crippen molar-refractivity contribution in [2.75, 3.05) is 7.11 Å². The molecule has 1 atom stereocenters. The molecule has 0 heterocycles. The summed E-state index contributed by atoms with van der Waals surface area (Å²) in [5.74, 6) is -0.622. The number of benzene rings is 2. The summed E-state index contributed by atoms with van der Waals surface area (Å²) in [4.78, 5) is 12.0. The van der Waals surface area contributed by atoms with Crippen LogP contribution in [0.2, 0.25) is 0 Å². The lowest BCUT2D eigenvalue weighted by atomic mass is 10.1. The standard InChI is InChI=1S/C16H16INO4S/c1-22-16(19)15(11-12-5-3-2-4-6-12)18-23(20,21)14-9-7-13(17)8-10-14/h2-10,15,18H,11H2,1H3/t15-/m1/s1. The minimum atomic E-state index is -3.81. The monoisotopic (exact) mass is 445 g/mol. The van der Waals surface area contributed by atoms with E-state index in [1.54, 1.807) is 12.1 Å². The van der Waals surface area contributed by atoms with Crippen LogP contribution >= 0.6 is 22.6 Å². The summed E-state index contributed by atoms with van der Waals surface area (Å²) >= 11 is 2.09. The Hall–Kier alpha value is -1.45. The van der Waals surface area contributed by atoms with Gasteiger partial charge < -0.3 is 4.74 Å². The molecule has 0 aliphatic carbocycles. The Morgan fingerprint density at radius 2 is 1.74 bits per heavy atom. The highest BCUT2D eigenvalue weighted by Gasteiger charge is 2.26. The van der Waals surface area contributed by atoms with E-state index in [1.807, 2.05) is 30.3 Å². The first-order valence-corrected chi connectivity index (χ1v) is 9.38. The Labute approximate surface area is 149 Å². The third-order valence-electron chi connectivity index (χ3n) is 3.19. The molecule has 0 unspecified atom stereocenters. The molecule has 0 fully saturated rings. The molecule has 0 aliphatic rings. The molecule has 0 saturated heterocycles. The van der Waals surface area contributed by atoms with Gasteiger partial charge in [-0.3, -0.25) is 4.79 Å². The van der Waals surface area contributed by atoms with E-state index in [-0.39, 0.29) is 11.3 Å². The zero-order chi connectivity index (χ0) is 16.9. The minimum Gasteiger partial charge on any atom is -0.468 e. The molecule has 0 saturated carbocycles. The van der Waals surface area contributed by atoms with Crippen LogP contribution in [0.25, 0.3) is 0 Å². The second kappa shape index (κ2) is 7.89. The van der Waals surface area contributed by atoms with Gasteiger partial charge in [0.2, 0.25) is 10.0 Å². The van der Waals surface area contributed by atoms with E-state index in [0.29, 0.717) is 0 Å². The van der Waals surface area contributed by atoms with E-state index >= 15 is 0 Å². The highest BCUT2D eigenvalue weighted by Crippen LogP contribution is 2.14. The smallest absolute Gasteiger partial charge is 0.324 e. The fourth-order valence-electron chi connectivity index (χ4n) is 2.03. The van der Waals surface area contributed by atoms with Gasteiger partial charge >= 0.3 is 5.97 Å². The number of methoxy groups -OCH3 is 1. The van der Waals surface area contributed by atoms with Gasteiger partial charge in [0.1, 0.15) is 6.04 Å². The molecule has 2 aromatic rings. The van der Waals surface area contributed by atoms with Crippen LogP contribution in [0.15, 0.2) is 59.5 Å². The summed E-state index contributed by atoms with van der Waals surface area (Å²) < 4.78 is 33.0. The molecule has 1 N–H and O–H groups in total. The van der Waals surface area contributed by atoms with Gasteiger partial charge in [0.15, 0.2) is 0 Å². The van der Waals surface area contributed by atoms with Gasteiger partial charge in [0.25, 0.3) is 0 Å². The maximum atomic E-state index is 12.4. The minimum absolute atomic E-state index is 0.111. The highest BCUT2D eigenvalue weighted by molar-refractivity contribution is 14.1. The Balaban J connectivity index is 2.23. The van der Waals surface area contributed by atoms with Gasteiger partial charge in [-0.1, -0.05) is 30.3 Å². The lowest BCUT2D eigenvalue weighted by Gasteiger charge is -2.17. The van der Waals surface area contributed by atoms with Gasteiger partial charge in [-0.15, -0.1) is 0 Å². The molecule has 0 aromatic heterocycles. The van der Waals surface area contributed by atoms with Crippen LogP contribution in [0, 0.1) is 3.57 Å². The van der Waals surface area contributed by atoms with Crippen LogP contribution in [-0.2, 0) is 26.0 Å². The predicted octanol–water partition coefficient (Wildman–Crippen LogP) is 2.35. The van der Waals surface area contributed by atoms with Crippen molar-refractivity contribution in [1.82, 2.24) is 4.72 Å². The maximum absolute atomic E-state index is 12.4. The summed E-state index contributed by atoms with van der Waals surface area (Å²) in [5, 5.41) is 0. The first-order chi connectivity index (χ1) is 10.9. The number of ether oxygens (including phenoxy) is 1. The number of esters is 1. The van der Waals surface area contributed by atoms with Crippen LogP contribution in [0.5, 0.6) is 0 Å². The molecule has 0 amide bonds. The fraction of sp³-hybridized carbons (Fsp3) is 0.188. The van der Waals surface area contributed by atoms with Crippen molar-refractivity contribution in [2.45, 2.75) is 17.4 Å². The van der Waals surface area contributed by atoms with Crippen molar-refractivity contribution in [3.63, 3.8) is 0 Å². The molecular formula is C16H16INO4S.